The molecular formula is C15H16N2O4. The lowest BCUT2D eigenvalue weighted by molar-refractivity contribution is -0.384. The van der Waals surface area contributed by atoms with E-state index >= 15 is 0 Å². The molecule has 21 heavy (non-hydrogen) atoms. The first-order chi connectivity index (χ1) is 10.1. The molecule has 6 heteroatoms. The van der Waals surface area contributed by atoms with E-state index in [-0.39, 0.29) is 23.5 Å². The third-order valence-electron chi connectivity index (χ3n) is 4.10. The molecule has 0 aromatic heterocycles. The number of carbonyl (C=O) groups is 1. The smallest absolute Gasteiger partial charge is 0.328 e. The lowest BCUT2D eigenvalue weighted by atomic mass is 9.79. The first-order valence-corrected chi connectivity index (χ1v) is 7.00. The lowest BCUT2D eigenvalue weighted by Crippen LogP contribution is -2.42. The van der Waals surface area contributed by atoms with Gasteiger partial charge in [-0.3, -0.25) is 10.1 Å². The van der Waals surface area contributed by atoms with Crippen LogP contribution in [0.3, 0.4) is 0 Å². The maximum atomic E-state index is 12.1. The molecule has 0 radical (unpaired) electrons. The molecule has 3 rings (SSSR count). The first-order valence-electron chi connectivity index (χ1n) is 7.00. The highest BCUT2D eigenvalue weighted by molar-refractivity contribution is 5.82. The zero-order valence-electron chi connectivity index (χ0n) is 11.6. The minimum Gasteiger partial charge on any atom is -0.464 e. The summed E-state index contributed by atoms with van der Waals surface area (Å²) in [6.07, 6.45) is 4.82. The number of hydrogen-bond donors (Lipinski definition) is 1. The highest BCUT2D eigenvalue weighted by Crippen LogP contribution is 2.45. The van der Waals surface area contributed by atoms with Gasteiger partial charge in [0.2, 0.25) is 0 Å². The van der Waals surface area contributed by atoms with Crippen molar-refractivity contribution in [2.75, 3.05) is 11.9 Å². The highest BCUT2D eigenvalue weighted by atomic mass is 16.6. The van der Waals surface area contributed by atoms with Crippen molar-refractivity contribution in [1.29, 1.82) is 0 Å². The summed E-state index contributed by atoms with van der Waals surface area (Å²) in [6.45, 7) is 2.12. The highest BCUT2D eigenvalue weighted by Gasteiger charge is 2.41. The summed E-state index contributed by atoms with van der Waals surface area (Å²) in [5.41, 5.74) is 1.72. The first kappa shape index (κ1) is 13.6. The Kier molecular flexibility index (Phi) is 3.37. The normalized spacial score (nSPS) is 25.7. The van der Waals surface area contributed by atoms with Crippen LogP contribution < -0.4 is 5.32 Å². The second kappa shape index (κ2) is 5.20. The Labute approximate surface area is 121 Å². The van der Waals surface area contributed by atoms with E-state index in [2.05, 4.69) is 5.32 Å². The Balaban J connectivity index is 1.98. The predicted molar refractivity (Wildman–Crippen MR) is 77.1 cm³/mol. The molecule has 0 saturated heterocycles. The van der Waals surface area contributed by atoms with E-state index in [4.69, 9.17) is 4.74 Å². The zero-order chi connectivity index (χ0) is 15.0. The molecular weight excluding hydrogens is 272 g/mol. The number of nitro groups is 1. The van der Waals surface area contributed by atoms with Crippen molar-refractivity contribution >= 4 is 17.3 Å². The number of esters is 1. The maximum absolute atomic E-state index is 12.1. The summed E-state index contributed by atoms with van der Waals surface area (Å²) in [4.78, 5) is 22.6. The molecule has 1 aromatic carbocycles. The summed E-state index contributed by atoms with van der Waals surface area (Å²) in [5, 5.41) is 14.1. The number of nitrogens with one attached hydrogen (secondary N) is 1. The van der Waals surface area contributed by atoms with Gasteiger partial charge in [-0.25, -0.2) is 4.79 Å². The third kappa shape index (κ3) is 2.26. The van der Waals surface area contributed by atoms with Gasteiger partial charge in [0.1, 0.15) is 6.04 Å². The summed E-state index contributed by atoms with van der Waals surface area (Å²) < 4.78 is 5.13. The van der Waals surface area contributed by atoms with Crippen LogP contribution in [0.2, 0.25) is 0 Å². The Morgan fingerprint density at radius 1 is 1.52 bits per heavy atom. The standard InChI is InChI=1S/C15H16N2O4/c1-2-21-15(18)14-11-5-3-4-10(11)12-8-9(17(19)20)6-7-13(12)16-14/h3-4,6-8,10-11,14,16H,2,5H2,1H3. The van der Waals surface area contributed by atoms with E-state index in [1.165, 1.54) is 6.07 Å². The van der Waals surface area contributed by atoms with E-state index in [0.29, 0.717) is 6.61 Å². The van der Waals surface area contributed by atoms with Gasteiger partial charge in [0.05, 0.1) is 11.5 Å². The van der Waals surface area contributed by atoms with Crippen LogP contribution in [0.5, 0.6) is 0 Å². The van der Waals surface area contributed by atoms with Crippen molar-refractivity contribution in [2.24, 2.45) is 5.92 Å². The molecule has 1 heterocycles. The largest absolute Gasteiger partial charge is 0.464 e. The van der Waals surface area contributed by atoms with E-state index in [0.717, 1.165) is 17.7 Å². The molecule has 6 nitrogen and oxygen atoms in total. The Bertz CT molecular complexity index is 626. The van der Waals surface area contributed by atoms with Crippen molar-refractivity contribution in [2.45, 2.75) is 25.3 Å². The number of nitrogens with zero attached hydrogens (tertiary/aromatic N) is 1. The van der Waals surface area contributed by atoms with E-state index in [9.17, 15) is 14.9 Å². The SMILES string of the molecule is CCOC(=O)C1Nc2ccc([N+](=O)[O-])cc2C2C=CCC12. The number of fused-ring (bicyclic) bond motifs is 3. The number of hydrogen-bond acceptors (Lipinski definition) is 5. The minimum atomic E-state index is -0.404. The van der Waals surface area contributed by atoms with Crippen molar-refractivity contribution in [3.8, 4) is 0 Å². The average Bonchev–Trinajstić information content (AvgIpc) is 2.95. The molecule has 3 atom stereocenters. The molecule has 1 aliphatic heterocycles. The minimum absolute atomic E-state index is 0.0237. The molecule has 110 valence electrons. The fraction of sp³-hybridized carbons (Fsp3) is 0.400. The van der Waals surface area contributed by atoms with Crippen LogP contribution in [0.15, 0.2) is 30.4 Å². The van der Waals surface area contributed by atoms with Crippen LogP contribution >= 0.6 is 0 Å². The second-order valence-electron chi connectivity index (χ2n) is 5.26. The molecule has 0 bridgehead atoms. The van der Waals surface area contributed by atoms with Crippen LogP contribution in [0.25, 0.3) is 0 Å². The van der Waals surface area contributed by atoms with Crippen molar-refractivity contribution in [3.05, 3.63) is 46.0 Å². The van der Waals surface area contributed by atoms with Crippen LogP contribution in [0.4, 0.5) is 11.4 Å². The molecule has 0 fully saturated rings. The fourth-order valence-electron chi connectivity index (χ4n) is 3.16. The Morgan fingerprint density at radius 3 is 3.05 bits per heavy atom. The fourth-order valence-corrected chi connectivity index (χ4v) is 3.16. The average molecular weight is 288 g/mol. The van der Waals surface area contributed by atoms with Gasteiger partial charge in [-0.05, 0) is 25.0 Å². The predicted octanol–water partition coefficient (Wildman–Crippen LogP) is 2.61. The van der Waals surface area contributed by atoms with Gasteiger partial charge in [-0.1, -0.05) is 12.2 Å². The zero-order valence-corrected chi connectivity index (χ0v) is 11.6. The summed E-state index contributed by atoms with van der Waals surface area (Å²) in [5.74, 6) is -0.186. The Hall–Kier alpha value is -2.37. The summed E-state index contributed by atoms with van der Waals surface area (Å²) in [7, 11) is 0. The molecule has 1 N–H and O–H groups in total. The van der Waals surface area contributed by atoms with Crippen LogP contribution in [0.1, 0.15) is 24.8 Å². The number of anilines is 1. The van der Waals surface area contributed by atoms with Gasteiger partial charge in [0, 0.05) is 29.7 Å². The second-order valence-corrected chi connectivity index (χ2v) is 5.26. The van der Waals surface area contributed by atoms with Crippen molar-refractivity contribution in [3.63, 3.8) is 0 Å². The summed E-state index contributed by atoms with van der Waals surface area (Å²) >= 11 is 0. The third-order valence-corrected chi connectivity index (χ3v) is 4.10. The van der Waals surface area contributed by atoms with Crippen LogP contribution in [-0.2, 0) is 9.53 Å². The van der Waals surface area contributed by atoms with E-state index in [1.807, 2.05) is 12.2 Å². The van der Waals surface area contributed by atoms with Gasteiger partial charge < -0.3 is 10.1 Å². The van der Waals surface area contributed by atoms with Crippen LogP contribution in [-0.4, -0.2) is 23.5 Å². The van der Waals surface area contributed by atoms with Gasteiger partial charge in [-0.2, -0.15) is 0 Å². The number of ether oxygens (including phenoxy) is 1. The summed E-state index contributed by atoms with van der Waals surface area (Å²) in [6, 6.07) is 4.31. The molecule has 3 unspecified atom stereocenters. The number of non-ortho nitro benzene ring substituents is 1. The van der Waals surface area contributed by atoms with Gasteiger partial charge in [0.15, 0.2) is 0 Å². The number of allylic oxidation sites excluding steroid dienone is 2. The molecule has 1 aliphatic carbocycles. The van der Waals surface area contributed by atoms with E-state index in [1.54, 1.807) is 19.1 Å². The van der Waals surface area contributed by atoms with Gasteiger partial charge in [-0.15, -0.1) is 0 Å². The van der Waals surface area contributed by atoms with Gasteiger partial charge in [0.25, 0.3) is 5.69 Å². The molecule has 1 aromatic rings. The number of benzene rings is 1. The van der Waals surface area contributed by atoms with E-state index < -0.39 is 11.0 Å². The maximum Gasteiger partial charge on any atom is 0.328 e. The number of nitro benzene ring substituents is 1. The quantitative estimate of drug-likeness (QED) is 0.400. The molecule has 0 saturated carbocycles. The topological polar surface area (TPSA) is 81.5 Å². The molecule has 0 amide bonds. The van der Waals surface area contributed by atoms with Crippen molar-refractivity contribution < 1.29 is 14.5 Å². The molecule has 0 spiro atoms. The number of carbonyl (C=O) groups excluding carboxylic acids is 1. The molecule has 2 aliphatic rings. The number of rotatable bonds is 3. The lowest BCUT2D eigenvalue weighted by Gasteiger charge is -2.35. The van der Waals surface area contributed by atoms with Crippen molar-refractivity contribution in [1.82, 2.24) is 0 Å². The Morgan fingerprint density at radius 2 is 2.33 bits per heavy atom. The monoisotopic (exact) mass is 288 g/mol. The van der Waals surface area contributed by atoms with Crippen LogP contribution in [0, 0.1) is 16.0 Å². The van der Waals surface area contributed by atoms with Gasteiger partial charge >= 0.3 is 5.97 Å².